The first-order valence-electron chi connectivity index (χ1n) is 7.72. The molecule has 0 fully saturated rings. The topological polar surface area (TPSA) is 74.2 Å². The summed E-state index contributed by atoms with van der Waals surface area (Å²) in [7, 11) is 0. The second-order valence-corrected chi connectivity index (χ2v) is 6.65. The van der Waals surface area contributed by atoms with E-state index in [-0.39, 0.29) is 12.5 Å². The van der Waals surface area contributed by atoms with Gasteiger partial charge in [-0.1, -0.05) is 6.07 Å². The van der Waals surface area contributed by atoms with E-state index >= 15 is 0 Å². The molecule has 23 heavy (non-hydrogen) atoms. The molecule has 0 saturated carbocycles. The average molecular weight is 333 g/mol. The summed E-state index contributed by atoms with van der Waals surface area (Å²) in [6.07, 6.45) is 1.67. The van der Waals surface area contributed by atoms with Gasteiger partial charge in [-0.05, 0) is 51.3 Å². The number of aliphatic hydroxyl groups is 1. The molecule has 3 N–H and O–H groups in total. The van der Waals surface area contributed by atoms with Gasteiger partial charge in [0.15, 0.2) is 5.13 Å². The third kappa shape index (κ3) is 4.53. The van der Waals surface area contributed by atoms with Crippen molar-refractivity contribution < 1.29 is 9.90 Å². The Kier molecular flexibility index (Phi) is 6.12. The van der Waals surface area contributed by atoms with Crippen molar-refractivity contribution in [2.45, 2.75) is 33.6 Å². The Morgan fingerprint density at radius 1 is 1.26 bits per heavy atom. The summed E-state index contributed by atoms with van der Waals surface area (Å²) in [5.74, 6) is -0.143. The number of carbonyl (C=O) groups excluding carboxylic acids is 1. The molecule has 6 heteroatoms. The maximum absolute atomic E-state index is 12.5. The lowest BCUT2D eigenvalue weighted by atomic mass is 10.1. The predicted molar refractivity (Wildman–Crippen MR) is 95.5 cm³/mol. The third-order valence-corrected chi connectivity index (χ3v) is 4.72. The monoisotopic (exact) mass is 333 g/mol. The Morgan fingerprint density at radius 2 is 2.04 bits per heavy atom. The summed E-state index contributed by atoms with van der Waals surface area (Å²) in [5.41, 5.74) is 3.45. The van der Waals surface area contributed by atoms with E-state index in [9.17, 15) is 4.79 Å². The standard InChI is InChI=1S/C17H23N3O2S/c1-11-14(7-6-8-15(11)18-9-4-5-10-21)16(22)20-17-19-12(2)13(3)23-17/h6-8,18,21H,4-5,9-10H2,1-3H3,(H,19,20,22). The van der Waals surface area contributed by atoms with Crippen molar-refractivity contribution in [3.8, 4) is 0 Å². The van der Waals surface area contributed by atoms with Gasteiger partial charge in [0, 0.05) is 29.3 Å². The van der Waals surface area contributed by atoms with Gasteiger partial charge >= 0.3 is 0 Å². The highest BCUT2D eigenvalue weighted by molar-refractivity contribution is 7.15. The van der Waals surface area contributed by atoms with Gasteiger partial charge in [0.2, 0.25) is 0 Å². The Bertz CT molecular complexity index is 663. The number of nitrogens with zero attached hydrogens (tertiary/aromatic N) is 1. The summed E-state index contributed by atoms with van der Waals surface area (Å²) in [4.78, 5) is 17.9. The minimum atomic E-state index is -0.143. The van der Waals surface area contributed by atoms with Crippen LogP contribution in [0.4, 0.5) is 10.8 Å². The first kappa shape index (κ1) is 17.4. The number of aromatic nitrogens is 1. The lowest BCUT2D eigenvalue weighted by Gasteiger charge is -2.12. The summed E-state index contributed by atoms with van der Waals surface area (Å²) < 4.78 is 0. The van der Waals surface area contributed by atoms with E-state index in [1.807, 2.05) is 39.0 Å². The molecule has 0 bridgehead atoms. The molecule has 2 aromatic rings. The zero-order valence-electron chi connectivity index (χ0n) is 13.8. The number of unbranched alkanes of at least 4 members (excludes halogenated alkanes) is 1. The Labute approximate surface area is 140 Å². The van der Waals surface area contributed by atoms with Gasteiger partial charge < -0.3 is 10.4 Å². The highest BCUT2D eigenvalue weighted by atomic mass is 32.1. The molecule has 0 unspecified atom stereocenters. The SMILES string of the molecule is Cc1nc(NC(=O)c2cccc(NCCCCO)c2C)sc1C. The third-order valence-electron chi connectivity index (χ3n) is 3.73. The Morgan fingerprint density at radius 3 is 2.70 bits per heavy atom. The molecule has 1 heterocycles. The summed E-state index contributed by atoms with van der Waals surface area (Å²) >= 11 is 1.48. The van der Waals surface area contributed by atoms with Crippen LogP contribution in [0.5, 0.6) is 0 Å². The van der Waals surface area contributed by atoms with Crippen molar-refractivity contribution in [2.75, 3.05) is 23.8 Å². The van der Waals surface area contributed by atoms with Gasteiger partial charge in [-0.3, -0.25) is 10.1 Å². The van der Waals surface area contributed by atoms with Gasteiger partial charge in [0.05, 0.1) is 5.69 Å². The van der Waals surface area contributed by atoms with Gasteiger partial charge in [-0.15, -0.1) is 11.3 Å². The predicted octanol–water partition coefficient (Wildman–Crippen LogP) is 3.51. The van der Waals surface area contributed by atoms with E-state index in [0.29, 0.717) is 10.7 Å². The smallest absolute Gasteiger partial charge is 0.257 e. The molecule has 0 aliphatic rings. The number of carbonyl (C=O) groups is 1. The molecule has 5 nitrogen and oxygen atoms in total. The number of hydrogen-bond acceptors (Lipinski definition) is 5. The van der Waals surface area contributed by atoms with Crippen molar-refractivity contribution >= 4 is 28.1 Å². The molecule has 0 aliphatic carbocycles. The summed E-state index contributed by atoms with van der Waals surface area (Å²) in [6, 6.07) is 5.65. The number of nitrogens with one attached hydrogen (secondary N) is 2. The van der Waals surface area contributed by atoms with Gasteiger partial charge in [-0.2, -0.15) is 0 Å². The first-order valence-corrected chi connectivity index (χ1v) is 8.54. The fourth-order valence-electron chi connectivity index (χ4n) is 2.22. The molecule has 0 saturated heterocycles. The highest BCUT2D eigenvalue weighted by Crippen LogP contribution is 2.24. The van der Waals surface area contributed by atoms with Crippen LogP contribution in [0.1, 0.15) is 39.3 Å². The fourth-order valence-corrected chi connectivity index (χ4v) is 3.03. The molecular weight excluding hydrogens is 310 g/mol. The van der Waals surface area contributed by atoms with Crippen LogP contribution in [0.15, 0.2) is 18.2 Å². The van der Waals surface area contributed by atoms with E-state index in [1.54, 1.807) is 0 Å². The number of aliphatic hydroxyl groups excluding tert-OH is 1. The maximum Gasteiger partial charge on any atom is 0.257 e. The molecule has 0 aliphatic heterocycles. The van der Waals surface area contributed by atoms with Crippen LogP contribution in [-0.2, 0) is 0 Å². The molecule has 2 rings (SSSR count). The minimum absolute atomic E-state index is 0.143. The fraction of sp³-hybridized carbons (Fsp3) is 0.412. The van der Waals surface area contributed by atoms with E-state index in [2.05, 4.69) is 15.6 Å². The minimum Gasteiger partial charge on any atom is -0.396 e. The molecule has 0 radical (unpaired) electrons. The van der Waals surface area contributed by atoms with Crippen molar-refractivity contribution in [3.63, 3.8) is 0 Å². The zero-order chi connectivity index (χ0) is 16.8. The molecule has 124 valence electrons. The molecule has 1 aromatic carbocycles. The summed E-state index contributed by atoms with van der Waals surface area (Å²) in [6.45, 7) is 6.84. The van der Waals surface area contributed by atoms with Crippen LogP contribution in [-0.4, -0.2) is 29.1 Å². The molecule has 1 aromatic heterocycles. The van der Waals surface area contributed by atoms with Crippen LogP contribution in [0.2, 0.25) is 0 Å². The largest absolute Gasteiger partial charge is 0.396 e. The molecule has 0 atom stereocenters. The number of amides is 1. The normalized spacial score (nSPS) is 10.6. The van der Waals surface area contributed by atoms with Crippen LogP contribution in [0.3, 0.4) is 0 Å². The van der Waals surface area contributed by atoms with Crippen LogP contribution < -0.4 is 10.6 Å². The van der Waals surface area contributed by atoms with Crippen LogP contribution >= 0.6 is 11.3 Å². The zero-order valence-corrected chi connectivity index (χ0v) is 14.6. The van der Waals surface area contributed by atoms with E-state index < -0.39 is 0 Å². The van der Waals surface area contributed by atoms with E-state index in [4.69, 9.17) is 5.11 Å². The number of aryl methyl sites for hydroxylation is 2. The second-order valence-electron chi connectivity index (χ2n) is 5.45. The highest BCUT2D eigenvalue weighted by Gasteiger charge is 2.14. The van der Waals surface area contributed by atoms with Crippen molar-refractivity contribution in [3.05, 3.63) is 39.9 Å². The molecule has 0 spiro atoms. The van der Waals surface area contributed by atoms with E-state index in [0.717, 1.165) is 41.2 Å². The number of rotatable bonds is 7. The Hall–Kier alpha value is -1.92. The van der Waals surface area contributed by atoms with Gasteiger partial charge in [0.1, 0.15) is 0 Å². The first-order chi connectivity index (χ1) is 11.0. The van der Waals surface area contributed by atoms with Crippen molar-refractivity contribution in [1.82, 2.24) is 4.98 Å². The maximum atomic E-state index is 12.5. The van der Waals surface area contributed by atoms with Gasteiger partial charge in [0.25, 0.3) is 5.91 Å². The number of anilines is 2. The molecule has 1 amide bonds. The number of hydrogen-bond donors (Lipinski definition) is 3. The lowest BCUT2D eigenvalue weighted by molar-refractivity contribution is 0.102. The van der Waals surface area contributed by atoms with Crippen molar-refractivity contribution in [1.29, 1.82) is 0 Å². The molecular formula is C17H23N3O2S. The quantitative estimate of drug-likeness (QED) is 0.678. The number of thiazole rings is 1. The van der Waals surface area contributed by atoms with E-state index in [1.165, 1.54) is 11.3 Å². The second kappa shape index (κ2) is 8.08. The van der Waals surface area contributed by atoms with Crippen LogP contribution in [0, 0.1) is 20.8 Å². The Balaban J connectivity index is 2.07. The average Bonchev–Trinajstić information content (AvgIpc) is 2.83. The van der Waals surface area contributed by atoms with Crippen LogP contribution in [0.25, 0.3) is 0 Å². The number of benzene rings is 1. The van der Waals surface area contributed by atoms with Gasteiger partial charge in [-0.25, -0.2) is 4.98 Å². The van der Waals surface area contributed by atoms with Crippen molar-refractivity contribution in [2.24, 2.45) is 0 Å². The lowest BCUT2D eigenvalue weighted by Crippen LogP contribution is -2.14. The summed E-state index contributed by atoms with van der Waals surface area (Å²) in [5, 5.41) is 15.6.